The van der Waals surface area contributed by atoms with Crippen LogP contribution >= 0.6 is 0 Å². The first-order valence-corrected chi connectivity index (χ1v) is 5.70. The van der Waals surface area contributed by atoms with Crippen molar-refractivity contribution in [1.29, 1.82) is 0 Å². The maximum Gasteiger partial charge on any atom is 0.329 e. The molecular weight excluding hydrogens is 254 g/mol. The molecule has 1 saturated heterocycles. The van der Waals surface area contributed by atoms with E-state index in [4.69, 9.17) is 15.2 Å². The van der Waals surface area contributed by atoms with Crippen LogP contribution in [0.15, 0.2) is 6.20 Å². The van der Waals surface area contributed by atoms with Crippen molar-refractivity contribution in [2.75, 3.05) is 37.9 Å². The second-order valence-corrected chi connectivity index (χ2v) is 4.26. The van der Waals surface area contributed by atoms with Crippen LogP contribution in [0, 0.1) is 10.1 Å². The number of nitrogen functional groups attached to an aromatic ring is 1. The number of hydrogen-bond donors (Lipinski definition) is 2. The molecule has 1 fully saturated rings. The quantitative estimate of drug-likeness (QED) is 0.573. The molecule has 19 heavy (non-hydrogen) atoms. The van der Waals surface area contributed by atoms with Crippen molar-refractivity contribution in [3.63, 3.8) is 0 Å². The zero-order valence-corrected chi connectivity index (χ0v) is 10.5. The van der Waals surface area contributed by atoms with Crippen LogP contribution in [0.25, 0.3) is 0 Å². The van der Waals surface area contributed by atoms with E-state index in [1.807, 2.05) is 0 Å². The van der Waals surface area contributed by atoms with Crippen molar-refractivity contribution in [2.45, 2.75) is 12.0 Å². The van der Waals surface area contributed by atoms with Crippen LogP contribution in [0.1, 0.15) is 6.42 Å². The molecule has 0 aromatic carbocycles. The van der Waals surface area contributed by atoms with E-state index >= 15 is 0 Å². The number of nitro groups is 1. The van der Waals surface area contributed by atoms with Crippen molar-refractivity contribution in [3.8, 4) is 0 Å². The van der Waals surface area contributed by atoms with Crippen LogP contribution in [-0.2, 0) is 9.47 Å². The van der Waals surface area contributed by atoms with Crippen LogP contribution in [0.3, 0.4) is 0 Å². The van der Waals surface area contributed by atoms with Crippen molar-refractivity contribution in [2.24, 2.45) is 0 Å². The number of ether oxygens (including phenoxy) is 2. The molecule has 0 spiro atoms. The molecule has 0 aliphatic carbocycles. The van der Waals surface area contributed by atoms with E-state index in [0.29, 0.717) is 26.2 Å². The maximum atomic E-state index is 10.9. The van der Waals surface area contributed by atoms with Gasteiger partial charge in [-0.25, -0.2) is 4.98 Å². The first kappa shape index (κ1) is 13.4. The summed E-state index contributed by atoms with van der Waals surface area (Å²) in [5.41, 5.74) is 4.72. The fourth-order valence-corrected chi connectivity index (χ4v) is 1.86. The number of nitrogens with two attached hydrogens (primary N) is 1. The molecule has 0 bridgehead atoms. The van der Waals surface area contributed by atoms with Gasteiger partial charge in [0.1, 0.15) is 11.8 Å². The van der Waals surface area contributed by atoms with Gasteiger partial charge in [-0.05, 0) is 0 Å². The topological polar surface area (TPSA) is 125 Å². The Bertz CT molecular complexity index is 475. The first-order valence-electron chi connectivity index (χ1n) is 5.70. The summed E-state index contributed by atoms with van der Waals surface area (Å²) >= 11 is 0. The minimum absolute atomic E-state index is 0.0257. The predicted octanol–water partition coefficient (Wildman–Crippen LogP) is 0.184. The van der Waals surface area contributed by atoms with Gasteiger partial charge in [0, 0.05) is 26.7 Å². The Morgan fingerprint density at radius 1 is 1.74 bits per heavy atom. The van der Waals surface area contributed by atoms with Gasteiger partial charge in [-0.1, -0.05) is 0 Å². The molecule has 1 atom stereocenters. The smallest absolute Gasteiger partial charge is 0.329 e. The highest BCUT2D eigenvalue weighted by atomic mass is 16.6. The zero-order chi connectivity index (χ0) is 13.9. The first-order chi connectivity index (χ1) is 9.06. The molecule has 2 heterocycles. The van der Waals surface area contributed by atoms with Gasteiger partial charge in [-0.15, -0.1) is 0 Å². The average Bonchev–Trinajstić information content (AvgIpc) is 2.85. The van der Waals surface area contributed by atoms with Gasteiger partial charge in [0.25, 0.3) is 0 Å². The Hall–Kier alpha value is -2.00. The lowest BCUT2D eigenvalue weighted by molar-refractivity contribution is -0.384. The lowest BCUT2D eigenvalue weighted by atomic mass is 10.0. The predicted molar refractivity (Wildman–Crippen MR) is 66.8 cm³/mol. The molecule has 0 amide bonds. The molecule has 104 valence electrons. The molecule has 1 aromatic rings. The largest absolute Gasteiger partial charge is 0.378 e. The average molecular weight is 269 g/mol. The molecular formula is C10H15N5O4. The summed E-state index contributed by atoms with van der Waals surface area (Å²) in [4.78, 5) is 17.7. The third kappa shape index (κ3) is 2.88. The van der Waals surface area contributed by atoms with Crippen LogP contribution in [-0.4, -0.2) is 47.4 Å². The van der Waals surface area contributed by atoms with Gasteiger partial charge in [-0.2, -0.15) is 4.98 Å². The SMILES string of the molecule is COC1(CNc2nc(N)ncc2[N+](=O)[O-])CCOC1. The zero-order valence-electron chi connectivity index (χ0n) is 10.5. The lowest BCUT2D eigenvalue weighted by Gasteiger charge is -2.25. The van der Waals surface area contributed by atoms with E-state index in [-0.39, 0.29) is 17.5 Å². The number of nitrogens with zero attached hydrogens (tertiary/aromatic N) is 3. The van der Waals surface area contributed by atoms with Gasteiger partial charge in [0.2, 0.25) is 11.8 Å². The van der Waals surface area contributed by atoms with E-state index in [2.05, 4.69) is 15.3 Å². The molecule has 2 rings (SSSR count). The van der Waals surface area contributed by atoms with Crippen LogP contribution < -0.4 is 11.1 Å². The summed E-state index contributed by atoms with van der Waals surface area (Å²) in [7, 11) is 1.58. The van der Waals surface area contributed by atoms with Crippen molar-refractivity contribution in [3.05, 3.63) is 16.3 Å². The lowest BCUT2D eigenvalue weighted by Crippen LogP contribution is -2.39. The van der Waals surface area contributed by atoms with Gasteiger partial charge in [0.15, 0.2) is 0 Å². The fraction of sp³-hybridized carbons (Fsp3) is 0.600. The van der Waals surface area contributed by atoms with Crippen LogP contribution in [0.4, 0.5) is 17.5 Å². The number of anilines is 2. The third-order valence-electron chi connectivity index (χ3n) is 3.06. The molecule has 1 aliphatic heterocycles. The monoisotopic (exact) mass is 269 g/mol. The number of aromatic nitrogens is 2. The normalized spacial score (nSPS) is 22.4. The summed E-state index contributed by atoms with van der Waals surface area (Å²) in [6, 6.07) is 0. The highest BCUT2D eigenvalue weighted by Crippen LogP contribution is 2.26. The molecule has 3 N–H and O–H groups in total. The molecule has 9 nitrogen and oxygen atoms in total. The number of hydrogen-bond acceptors (Lipinski definition) is 8. The Kier molecular flexibility index (Phi) is 3.76. The van der Waals surface area contributed by atoms with E-state index in [9.17, 15) is 10.1 Å². The van der Waals surface area contributed by atoms with E-state index in [0.717, 1.165) is 6.20 Å². The van der Waals surface area contributed by atoms with E-state index < -0.39 is 10.5 Å². The van der Waals surface area contributed by atoms with E-state index in [1.165, 1.54) is 0 Å². The van der Waals surface area contributed by atoms with Gasteiger partial charge >= 0.3 is 5.69 Å². The number of rotatable bonds is 5. The van der Waals surface area contributed by atoms with Gasteiger partial charge < -0.3 is 20.5 Å². The highest BCUT2D eigenvalue weighted by molar-refractivity contribution is 5.56. The summed E-state index contributed by atoms with van der Waals surface area (Å²) in [6.07, 6.45) is 1.79. The Labute approximate surface area is 109 Å². The Morgan fingerprint density at radius 2 is 2.53 bits per heavy atom. The molecule has 0 radical (unpaired) electrons. The molecule has 0 saturated carbocycles. The number of methoxy groups -OCH3 is 1. The highest BCUT2D eigenvalue weighted by Gasteiger charge is 2.35. The van der Waals surface area contributed by atoms with Gasteiger partial charge in [0.05, 0.1) is 11.5 Å². The Balaban J connectivity index is 2.14. The Morgan fingerprint density at radius 3 is 3.11 bits per heavy atom. The second-order valence-electron chi connectivity index (χ2n) is 4.26. The van der Waals surface area contributed by atoms with E-state index in [1.54, 1.807) is 7.11 Å². The summed E-state index contributed by atoms with van der Waals surface area (Å²) in [6.45, 7) is 1.38. The standard InChI is InChI=1S/C10H15N5O4/c1-18-10(2-3-19-6-10)5-13-8-7(15(16)17)4-12-9(11)14-8/h4H,2-3,5-6H2,1H3,(H3,11,12,13,14). The van der Waals surface area contributed by atoms with Crippen molar-refractivity contribution in [1.82, 2.24) is 9.97 Å². The van der Waals surface area contributed by atoms with Crippen LogP contribution in [0.5, 0.6) is 0 Å². The molecule has 1 unspecified atom stereocenters. The molecule has 9 heteroatoms. The summed E-state index contributed by atoms with van der Waals surface area (Å²) < 4.78 is 10.7. The summed E-state index contributed by atoms with van der Waals surface area (Å²) in [5, 5.41) is 13.8. The van der Waals surface area contributed by atoms with Gasteiger partial charge in [-0.3, -0.25) is 10.1 Å². The maximum absolute atomic E-state index is 10.9. The van der Waals surface area contributed by atoms with Crippen molar-refractivity contribution < 1.29 is 14.4 Å². The number of nitrogens with one attached hydrogen (secondary N) is 1. The second kappa shape index (κ2) is 5.33. The molecule has 1 aromatic heterocycles. The minimum atomic E-state index is -0.563. The summed E-state index contributed by atoms with van der Waals surface area (Å²) in [5.74, 6) is 0.0584. The fourth-order valence-electron chi connectivity index (χ4n) is 1.86. The van der Waals surface area contributed by atoms with Crippen LogP contribution in [0.2, 0.25) is 0 Å². The van der Waals surface area contributed by atoms with Crippen molar-refractivity contribution >= 4 is 17.5 Å². The molecule has 1 aliphatic rings. The third-order valence-corrected chi connectivity index (χ3v) is 3.06. The minimum Gasteiger partial charge on any atom is -0.378 e.